The molecule has 0 aromatic rings. The fraction of sp³-hybridized carbons (Fsp3) is 0.812. The molecule has 5 heteroatoms. The number of hydrogen-bond donors (Lipinski definition) is 2. The lowest BCUT2D eigenvalue weighted by molar-refractivity contribution is -0.136. The van der Waals surface area contributed by atoms with Crippen LogP contribution < -0.4 is 5.32 Å². The van der Waals surface area contributed by atoms with Crippen LogP contribution in [0.25, 0.3) is 0 Å². The molecule has 0 aliphatic rings. The van der Waals surface area contributed by atoms with Crippen LogP contribution in [0, 0.1) is 11.3 Å². The highest BCUT2D eigenvalue weighted by atomic mass is 16.3. The zero-order valence-corrected chi connectivity index (χ0v) is 14.2. The van der Waals surface area contributed by atoms with Crippen molar-refractivity contribution in [1.29, 1.82) is 0 Å². The van der Waals surface area contributed by atoms with E-state index in [4.69, 9.17) is 0 Å². The molecule has 0 aliphatic heterocycles. The SMILES string of the molecule is CC(C)C(=O)NC(CCC(=O)C(C)(C)O)C(=O)C(C)(C)C. The Morgan fingerprint density at radius 3 is 1.86 bits per heavy atom. The van der Waals surface area contributed by atoms with Gasteiger partial charge in [0.1, 0.15) is 5.60 Å². The van der Waals surface area contributed by atoms with Gasteiger partial charge < -0.3 is 10.4 Å². The number of carbonyl (C=O) groups excluding carboxylic acids is 3. The molecular weight excluding hydrogens is 270 g/mol. The first kappa shape index (κ1) is 19.8. The summed E-state index contributed by atoms with van der Waals surface area (Å²) in [5.41, 5.74) is -2.02. The number of nitrogens with one attached hydrogen (secondary N) is 1. The summed E-state index contributed by atoms with van der Waals surface area (Å²) < 4.78 is 0. The van der Waals surface area contributed by atoms with Gasteiger partial charge in [-0.25, -0.2) is 0 Å². The Morgan fingerprint density at radius 1 is 1.05 bits per heavy atom. The smallest absolute Gasteiger partial charge is 0.223 e. The van der Waals surface area contributed by atoms with Crippen LogP contribution in [0.4, 0.5) is 0 Å². The minimum absolute atomic E-state index is 0.0500. The molecular formula is C16H29NO4. The van der Waals surface area contributed by atoms with E-state index in [0.717, 1.165) is 0 Å². The van der Waals surface area contributed by atoms with Gasteiger partial charge in [-0.1, -0.05) is 34.6 Å². The van der Waals surface area contributed by atoms with Crippen molar-refractivity contribution in [3.8, 4) is 0 Å². The molecule has 0 bridgehead atoms. The first-order valence-corrected chi connectivity index (χ1v) is 7.37. The van der Waals surface area contributed by atoms with E-state index in [1.807, 2.05) is 0 Å². The fourth-order valence-corrected chi connectivity index (χ4v) is 1.71. The van der Waals surface area contributed by atoms with Crippen molar-refractivity contribution in [1.82, 2.24) is 5.32 Å². The van der Waals surface area contributed by atoms with Gasteiger partial charge in [0.25, 0.3) is 0 Å². The maximum Gasteiger partial charge on any atom is 0.223 e. The molecule has 0 rings (SSSR count). The highest BCUT2D eigenvalue weighted by Gasteiger charge is 2.33. The summed E-state index contributed by atoms with van der Waals surface area (Å²) in [7, 11) is 0. The van der Waals surface area contributed by atoms with E-state index >= 15 is 0 Å². The Bertz CT molecular complexity index is 399. The summed E-state index contributed by atoms with van der Waals surface area (Å²) in [5, 5.41) is 12.4. The van der Waals surface area contributed by atoms with E-state index in [9.17, 15) is 19.5 Å². The quantitative estimate of drug-likeness (QED) is 0.751. The van der Waals surface area contributed by atoms with Crippen molar-refractivity contribution in [2.75, 3.05) is 0 Å². The lowest BCUT2D eigenvalue weighted by atomic mass is 9.84. The molecule has 0 heterocycles. The van der Waals surface area contributed by atoms with Crippen LogP contribution in [-0.4, -0.2) is 34.2 Å². The van der Waals surface area contributed by atoms with E-state index in [0.29, 0.717) is 0 Å². The van der Waals surface area contributed by atoms with E-state index in [1.165, 1.54) is 13.8 Å². The highest BCUT2D eigenvalue weighted by Crippen LogP contribution is 2.20. The largest absolute Gasteiger partial charge is 0.383 e. The molecule has 0 aromatic heterocycles. The van der Waals surface area contributed by atoms with Crippen LogP contribution in [-0.2, 0) is 14.4 Å². The average molecular weight is 299 g/mol. The predicted molar refractivity (Wildman–Crippen MR) is 81.8 cm³/mol. The van der Waals surface area contributed by atoms with Gasteiger partial charge in [-0.05, 0) is 20.3 Å². The number of carbonyl (C=O) groups is 3. The number of Topliss-reactive ketones (excluding diaryl/α,β-unsaturated/α-hetero) is 2. The van der Waals surface area contributed by atoms with Crippen molar-refractivity contribution in [2.24, 2.45) is 11.3 Å². The Hall–Kier alpha value is -1.23. The molecule has 0 saturated heterocycles. The molecule has 1 amide bonds. The molecule has 1 unspecified atom stereocenters. The Morgan fingerprint density at radius 2 is 1.52 bits per heavy atom. The molecule has 0 aromatic carbocycles. The molecule has 122 valence electrons. The number of ketones is 2. The molecule has 5 nitrogen and oxygen atoms in total. The van der Waals surface area contributed by atoms with E-state index < -0.39 is 17.1 Å². The van der Waals surface area contributed by atoms with Crippen molar-refractivity contribution >= 4 is 17.5 Å². The third-order valence-corrected chi connectivity index (χ3v) is 3.24. The molecule has 0 radical (unpaired) electrons. The molecule has 0 spiro atoms. The van der Waals surface area contributed by atoms with Crippen molar-refractivity contribution in [3.63, 3.8) is 0 Å². The van der Waals surface area contributed by atoms with Crippen LogP contribution in [0.3, 0.4) is 0 Å². The molecule has 2 N–H and O–H groups in total. The third kappa shape index (κ3) is 6.85. The Labute approximate surface area is 127 Å². The van der Waals surface area contributed by atoms with Gasteiger partial charge in [0.2, 0.25) is 5.91 Å². The van der Waals surface area contributed by atoms with Gasteiger partial charge in [-0.2, -0.15) is 0 Å². The zero-order chi connectivity index (χ0) is 17.0. The molecule has 1 atom stereocenters. The molecule has 21 heavy (non-hydrogen) atoms. The van der Waals surface area contributed by atoms with E-state index in [2.05, 4.69) is 5.32 Å². The van der Waals surface area contributed by atoms with Gasteiger partial charge >= 0.3 is 0 Å². The van der Waals surface area contributed by atoms with Gasteiger partial charge in [0.05, 0.1) is 6.04 Å². The summed E-state index contributed by atoms with van der Waals surface area (Å²) in [6, 6.07) is -0.703. The molecule has 0 aliphatic carbocycles. The lowest BCUT2D eigenvalue weighted by Gasteiger charge is -2.26. The molecule has 0 saturated carbocycles. The second-order valence-corrected chi connectivity index (χ2v) is 7.35. The minimum atomic E-state index is -1.42. The number of aliphatic hydroxyl groups is 1. The van der Waals surface area contributed by atoms with Gasteiger partial charge in [-0.15, -0.1) is 0 Å². The second kappa shape index (κ2) is 7.16. The van der Waals surface area contributed by atoms with Crippen molar-refractivity contribution < 1.29 is 19.5 Å². The summed E-state index contributed by atoms with van der Waals surface area (Å²) in [6.45, 7) is 11.7. The van der Waals surface area contributed by atoms with E-state index in [-0.39, 0.29) is 36.2 Å². The Balaban J connectivity index is 4.95. The third-order valence-electron chi connectivity index (χ3n) is 3.24. The van der Waals surface area contributed by atoms with Crippen LogP contribution in [0.2, 0.25) is 0 Å². The maximum atomic E-state index is 12.4. The van der Waals surface area contributed by atoms with E-state index in [1.54, 1.807) is 34.6 Å². The number of amides is 1. The monoisotopic (exact) mass is 299 g/mol. The Kier molecular flexibility index (Phi) is 6.74. The normalized spacial score (nSPS) is 14.0. The fourth-order valence-electron chi connectivity index (χ4n) is 1.71. The first-order chi connectivity index (χ1) is 9.26. The summed E-state index contributed by atoms with van der Waals surface area (Å²) in [6.07, 6.45) is 0.256. The standard InChI is InChI=1S/C16H29NO4/c1-10(2)14(20)17-11(13(19)15(3,4)5)8-9-12(18)16(6,7)21/h10-11,21H,8-9H2,1-7H3,(H,17,20). The topological polar surface area (TPSA) is 83.5 Å². The highest BCUT2D eigenvalue weighted by molar-refractivity contribution is 5.93. The average Bonchev–Trinajstić information content (AvgIpc) is 2.30. The van der Waals surface area contributed by atoms with Gasteiger partial charge in [-0.3, -0.25) is 14.4 Å². The van der Waals surface area contributed by atoms with Crippen molar-refractivity contribution in [3.05, 3.63) is 0 Å². The molecule has 0 fully saturated rings. The summed E-state index contributed by atoms with van der Waals surface area (Å²) in [4.78, 5) is 36.0. The second-order valence-electron chi connectivity index (χ2n) is 7.35. The van der Waals surface area contributed by atoms with Crippen LogP contribution >= 0.6 is 0 Å². The predicted octanol–water partition coefficient (Wildman–Crippen LogP) is 1.86. The first-order valence-electron chi connectivity index (χ1n) is 7.37. The van der Waals surface area contributed by atoms with Gasteiger partial charge in [0, 0.05) is 17.8 Å². The maximum absolute atomic E-state index is 12.4. The minimum Gasteiger partial charge on any atom is -0.383 e. The number of hydrogen-bond acceptors (Lipinski definition) is 4. The summed E-state index contributed by atoms with van der Waals surface area (Å²) >= 11 is 0. The summed E-state index contributed by atoms with van der Waals surface area (Å²) in [5.74, 6) is -0.897. The number of rotatable bonds is 7. The van der Waals surface area contributed by atoms with Gasteiger partial charge in [0.15, 0.2) is 11.6 Å². The van der Waals surface area contributed by atoms with Crippen molar-refractivity contribution in [2.45, 2.75) is 73.0 Å². The van der Waals surface area contributed by atoms with Crippen LogP contribution in [0.15, 0.2) is 0 Å². The zero-order valence-electron chi connectivity index (χ0n) is 14.2. The lowest BCUT2D eigenvalue weighted by Crippen LogP contribution is -2.47. The van der Waals surface area contributed by atoms with Crippen LogP contribution in [0.5, 0.6) is 0 Å². The van der Waals surface area contributed by atoms with Crippen LogP contribution in [0.1, 0.15) is 61.3 Å².